The van der Waals surface area contributed by atoms with Gasteiger partial charge < -0.3 is 14.8 Å². The maximum atomic E-state index is 12.4. The first-order valence-corrected chi connectivity index (χ1v) is 8.89. The normalized spacial score (nSPS) is 10.4. The van der Waals surface area contributed by atoms with Crippen LogP contribution < -0.4 is 10.1 Å². The van der Waals surface area contributed by atoms with E-state index in [1.54, 1.807) is 19.3 Å². The molecule has 2 N–H and O–H groups in total. The molecule has 0 unspecified atom stereocenters. The number of esters is 1. The SMILES string of the molecule is CCCOc1ccccc1Nc1c(-c2cccnc2)n[nH]c1C(=O)OCC. The number of carbonyl (C=O) groups is 1. The molecule has 0 aliphatic rings. The minimum Gasteiger partial charge on any atom is -0.491 e. The molecule has 140 valence electrons. The zero-order chi connectivity index (χ0) is 19.1. The zero-order valence-corrected chi connectivity index (χ0v) is 15.4. The van der Waals surface area contributed by atoms with Crippen molar-refractivity contribution in [2.45, 2.75) is 20.3 Å². The number of rotatable bonds is 8. The Hall–Kier alpha value is -3.35. The summed E-state index contributed by atoms with van der Waals surface area (Å²) in [6, 6.07) is 11.3. The molecule has 0 bridgehead atoms. The van der Waals surface area contributed by atoms with Crippen molar-refractivity contribution in [3.8, 4) is 17.0 Å². The number of aromatic nitrogens is 3. The van der Waals surface area contributed by atoms with Crippen molar-refractivity contribution in [2.24, 2.45) is 0 Å². The number of pyridine rings is 1. The fourth-order valence-corrected chi connectivity index (χ4v) is 2.57. The highest BCUT2D eigenvalue weighted by Crippen LogP contribution is 2.34. The average Bonchev–Trinajstić information content (AvgIpc) is 3.12. The molecule has 7 heteroatoms. The third kappa shape index (κ3) is 4.25. The number of anilines is 2. The van der Waals surface area contributed by atoms with E-state index in [0.29, 0.717) is 23.7 Å². The predicted octanol–water partition coefficient (Wildman–Crippen LogP) is 4.18. The van der Waals surface area contributed by atoms with Gasteiger partial charge in [-0.15, -0.1) is 0 Å². The Morgan fingerprint density at radius 1 is 1.19 bits per heavy atom. The van der Waals surface area contributed by atoms with Crippen molar-refractivity contribution in [3.63, 3.8) is 0 Å². The standard InChI is InChI=1S/C20H22N4O3/c1-3-12-27-16-10-6-5-9-15(16)22-18-17(14-8-7-11-21-13-14)23-24-19(18)20(25)26-4-2/h5-11,13,22H,3-4,12H2,1-2H3,(H,23,24). The van der Waals surface area contributed by atoms with E-state index in [2.05, 4.69) is 20.5 Å². The summed E-state index contributed by atoms with van der Waals surface area (Å²) in [5.74, 6) is 0.224. The number of hydrogen-bond acceptors (Lipinski definition) is 6. The molecule has 27 heavy (non-hydrogen) atoms. The van der Waals surface area contributed by atoms with Crippen LogP contribution in [-0.4, -0.2) is 34.4 Å². The van der Waals surface area contributed by atoms with E-state index in [1.165, 1.54) is 0 Å². The highest BCUT2D eigenvalue weighted by Gasteiger charge is 2.22. The minimum absolute atomic E-state index is 0.251. The molecule has 0 saturated carbocycles. The summed E-state index contributed by atoms with van der Waals surface area (Å²) in [5, 5.41) is 10.4. The number of carbonyl (C=O) groups excluding carboxylic acids is 1. The Morgan fingerprint density at radius 2 is 2.04 bits per heavy atom. The van der Waals surface area contributed by atoms with Crippen LogP contribution in [0.25, 0.3) is 11.3 Å². The summed E-state index contributed by atoms with van der Waals surface area (Å²) in [4.78, 5) is 16.5. The van der Waals surface area contributed by atoms with E-state index in [4.69, 9.17) is 9.47 Å². The molecule has 0 spiro atoms. The zero-order valence-electron chi connectivity index (χ0n) is 15.4. The molecule has 0 fully saturated rings. The Bertz CT molecular complexity index is 893. The number of H-pyrrole nitrogens is 1. The summed E-state index contributed by atoms with van der Waals surface area (Å²) in [6.07, 6.45) is 4.27. The maximum Gasteiger partial charge on any atom is 0.358 e. The molecule has 0 atom stereocenters. The van der Waals surface area contributed by atoms with Crippen molar-refractivity contribution < 1.29 is 14.3 Å². The number of ether oxygens (including phenoxy) is 2. The molecule has 0 aliphatic heterocycles. The lowest BCUT2D eigenvalue weighted by Gasteiger charge is -2.14. The number of para-hydroxylation sites is 2. The van der Waals surface area contributed by atoms with Gasteiger partial charge in [0.15, 0.2) is 5.69 Å². The highest BCUT2D eigenvalue weighted by molar-refractivity contribution is 5.99. The molecule has 3 rings (SSSR count). The second kappa shape index (κ2) is 8.84. The largest absolute Gasteiger partial charge is 0.491 e. The van der Waals surface area contributed by atoms with Gasteiger partial charge in [0.05, 0.1) is 18.9 Å². The van der Waals surface area contributed by atoms with Crippen LogP contribution in [0, 0.1) is 0 Å². The van der Waals surface area contributed by atoms with E-state index in [9.17, 15) is 4.79 Å². The van der Waals surface area contributed by atoms with Crippen molar-refractivity contribution in [1.29, 1.82) is 0 Å². The molecule has 2 heterocycles. The second-order valence-corrected chi connectivity index (χ2v) is 5.75. The molecule has 7 nitrogen and oxygen atoms in total. The van der Waals surface area contributed by atoms with Crippen LogP contribution in [0.5, 0.6) is 5.75 Å². The second-order valence-electron chi connectivity index (χ2n) is 5.75. The topological polar surface area (TPSA) is 89.1 Å². The van der Waals surface area contributed by atoms with Crippen LogP contribution in [0.3, 0.4) is 0 Å². The van der Waals surface area contributed by atoms with Gasteiger partial charge in [-0.1, -0.05) is 19.1 Å². The molecule has 0 saturated heterocycles. The van der Waals surface area contributed by atoms with Crippen molar-refractivity contribution >= 4 is 17.3 Å². The smallest absolute Gasteiger partial charge is 0.358 e. The first-order chi connectivity index (χ1) is 13.2. The lowest BCUT2D eigenvalue weighted by molar-refractivity contribution is 0.0520. The monoisotopic (exact) mass is 366 g/mol. The van der Waals surface area contributed by atoms with Crippen LogP contribution >= 0.6 is 0 Å². The van der Waals surface area contributed by atoms with Gasteiger partial charge in [0.1, 0.15) is 17.1 Å². The molecule has 2 aromatic heterocycles. The average molecular weight is 366 g/mol. The Morgan fingerprint density at radius 3 is 2.78 bits per heavy atom. The fraction of sp³-hybridized carbons (Fsp3) is 0.250. The summed E-state index contributed by atoms with van der Waals surface area (Å²) >= 11 is 0. The van der Waals surface area contributed by atoms with Crippen LogP contribution in [-0.2, 0) is 4.74 Å². The molecular formula is C20H22N4O3. The lowest BCUT2D eigenvalue weighted by Crippen LogP contribution is -2.08. The van der Waals surface area contributed by atoms with Gasteiger partial charge in [0.2, 0.25) is 0 Å². The van der Waals surface area contributed by atoms with E-state index in [0.717, 1.165) is 17.7 Å². The molecule has 0 amide bonds. The first-order valence-electron chi connectivity index (χ1n) is 8.89. The molecule has 0 aliphatic carbocycles. The first kappa shape index (κ1) is 18.4. The number of aromatic amines is 1. The predicted molar refractivity (Wildman–Crippen MR) is 103 cm³/mol. The number of hydrogen-bond donors (Lipinski definition) is 2. The van der Waals surface area contributed by atoms with Crippen LogP contribution in [0.15, 0.2) is 48.8 Å². The number of nitrogens with one attached hydrogen (secondary N) is 2. The Kier molecular flexibility index (Phi) is 6.04. The quantitative estimate of drug-likeness (QED) is 0.581. The summed E-state index contributed by atoms with van der Waals surface area (Å²) in [6.45, 7) is 4.68. The third-order valence-corrected chi connectivity index (χ3v) is 3.79. The lowest BCUT2D eigenvalue weighted by atomic mass is 10.1. The summed E-state index contributed by atoms with van der Waals surface area (Å²) < 4.78 is 11.0. The van der Waals surface area contributed by atoms with Gasteiger partial charge in [0.25, 0.3) is 0 Å². The molecular weight excluding hydrogens is 344 g/mol. The number of nitrogens with zero attached hydrogens (tertiary/aromatic N) is 2. The van der Waals surface area contributed by atoms with Gasteiger partial charge in [-0.05, 0) is 37.6 Å². The third-order valence-electron chi connectivity index (χ3n) is 3.79. The minimum atomic E-state index is -0.477. The van der Waals surface area contributed by atoms with Crippen LogP contribution in [0.4, 0.5) is 11.4 Å². The van der Waals surface area contributed by atoms with Crippen LogP contribution in [0.1, 0.15) is 30.8 Å². The molecule has 3 aromatic rings. The molecule has 1 aromatic carbocycles. The maximum absolute atomic E-state index is 12.4. The van der Waals surface area contributed by atoms with E-state index >= 15 is 0 Å². The van der Waals surface area contributed by atoms with E-state index in [1.807, 2.05) is 43.3 Å². The highest BCUT2D eigenvalue weighted by atomic mass is 16.5. The summed E-state index contributed by atoms with van der Waals surface area (Å²) in [7, 11) is 0. The van der Waals surface area contributed by atoms with Gasteiger partial charge in [0, 0.05) is 18.0 Å². The van der Waals surface area contributed by atoms with Gasteiger partial charge in [-0.3, -0.25) is 10.1 Å². The van der Waals surface area contributed by atoms with Crippen molar-refractivity contribution in [3.05, 3.63) is 54.5 Å². The molecule has 0 radical (unpaired) electrons. The summed E-state index contributed by atoms with van der Waals surface area (Å²) in [5.41, 5.74) is 2.87. The number of benzene rings is 1. The Labute approximate surface area is 157 Å². The van der Waals surface area contributed by atoms with E-state index in [-0.39, 0.29) is 12.3 Å². The van der Waals surface area contributed by atoms with Crippen molar-refractivity contribution in [2.75, 3.05) is 18.5 Å². The van der Waals surface area contributed by atoms with Gasteiger partial charge in [-0.2, -0.15) is 5.10 Å². The van der Waals surface area contributed by atoms with E-state index < -0.39 is 5.97 Å². The fourth-order valence-electron chi connectivity index (χ4n) is 2.57. The van der Waals surface area contributed by atoms with Gasteiger partial charge in [-0.25, -0.2) is 4.79 Å². The van der Waals surface area contributed by atoms with Crippen molar-refractivity contribution in [1.82, 2.24) is 15.2 Å². The van der Waals surface area contributed by atoms with Crippen LogP contribution in [0.2, 0.25) is 0 Å². The Balaban J connectivity index is 2.03. The van der Waals surface area contributed by atoms with Gasteiger partial charge >= 0.3 is 5.97 Å².